The van der Waals surface area contributed by atoms with E-state index in [-0.39, 0.29) is 5.75 Å². The van der Waals surface area contributed by atoms with Crippen molar-refractivity contribution in [2.45, 2.75) is 13.0 Å². The number of aryl methyl sites for hydroxylation is 1. The minimum atomic E-state index is -4.16. The zero-order chi connectivity index (χ0) is 27.1. The van der Waals surface area contributed by atoms with Crippen LogP contribution in [0.2, 0.25) is 0 Å². The molecule has 39 heavy (non-hydrogen) atoms. The first-order valence-electron chi connectivity index (χ1n) is 12.7. The highest BCUT2D eigenvalue weighted by atomic mass is 32.2. The van der Waals surface area contributed by atoms with Gasteiger partial charge in [-0.1, -0.05) is 54.6 Å². The summed E-state index contributed by atoms with van der Waals surface area (Å²) in [4.78, 5) is 4.61. The van der Waals surface area contributed by atoms with Crippen molar-refractivity contribution in [3.05, 3.63) is 132 Å². The van der Waals surface area contributed by atoms with Crippen LogP contribution in [0.3, 0.4) is 0 Å². The SMILES string of the molecule is O=S(=O)([O-])CCC[n+]1ccc(/C=C/c2ccc(-c3ccc(N(c4ccccc4)c4ccccc4)cc3)s2)cc1. The van der Waals surface area contributed by atoms with Crippen LogP contribution in [0.4, 0.5) is 17.1 Å². The van der Waals surface area contributed by atoms with Gasteiger partial charge in [0.15, 0.2) is 12.4 Å². The highest BCUT2D eigenvalue weighted by Crippen LogP contribution is 2.36. The molecular formula is C32H28N2O3S2. The third kappa shape index (κ3) is 7.29. The molecule has 2 aromatic heterocycles. The number of thiophene rings is 1. The molecule has 0 saturated heterocycles. The summed E-state index contributed by atoms with van der Waals surface area (Å²) in [6.45, 7) is 0.493. The Balaban J connectivity index is 1.27. The van der Waals surface area contributed by atoms with E-state index >= 15 is 0 Å². The number of para-hydroxylation sites is 2. The Morgan fingerprint density at radius 1 is 0.718 bits per heavy atom. The second kappa shape index (κ2) is 12.2. The Hall–Kier alpha value is -4.04. The average Bonchev–Trinajstić information content (AvgIpc) is 3.43. The summed E-state index contributed by atoms with van der Waals surface area (Å²) in [5.41, 5.74) is 5.54. The molecule has 0 atom stereocenters. The van der Waals surface area contributed by atoms with E-state index in [1.165, 1.54) is 10.4 Å². The van der Waals surface area contributed by atoms with Gasteiger partial charge < -0.3 is 9.45 Å². The lowest BCUT2D eigenvalue weighted by Crippen LogP contribution is -2.33. The molecule has 0 aliphatic rings. The predicted molar refractivity (Wildman–Crippen MR) is 159 cm³/mol. The van der Waals surface area contributed by atoms with Gasteiger partial charge in [-0.05, 0) is 65.7 Å². The van der Waals surface area contributed by atoms with E-state index in [9.17, 15) is 13.0 Å². The molecule has 0 bridgehead atoms. The Morgan fingerprint density at radius 2 is 1.31 bits per heavy atom. The molecule has 0 unspecified atom stereocenters. The molecule has 0 radical (unpaired) electrons. The van der Waals surface area contributed by atoms with Gasteiger partial charge >= 0.3 is 0 Å². The maximum absolute atomic E-state index is 10.8. The van der Waals surface area contributed by atoms with Crippen molar-refractivity contribution in [2.75, 3.05) is 10.7 Å². The van der Waals surface area contributed by atoms with Crippen molar-refractivity contribution in [1.29, 1.82) is 0 Å². The summed E-state index contributed by atoms with van der Waals surface area (Å²) in [5.74, 6) is -0.344. The minimum Gasteiger partial charge on any atom is -0.748 e. The van der Waals surface area contributed by atoms with Crippen LogP contribution in [0.1, 0.15) is 16.9 Å². The molecule has 2 heterocycles. The molecule has 0 fully saturated rings. The molecule has 0 N–H and O–H groups in total. The van der Waals surface area contributed by atoms with Crippen LogP contribution in [0.25, 0.3) is 22.6 Å². The van der Waals surface area contributed by atoms with Crippen LogP contribution in [-0.4, -0.2) is 18.7 Å². The summed E-state index contributed by atoms with van der Waals surface area (Å²) in [6, 6.07) is 37.6. The van der Waals surface area contributed by atoms with Gasteiger partial charge in [0.1, 0.15) is 6.54 Å². The quantitative estimate of drug-likeness (QED) is 0.135. The molecule has 0 spiro atoms. The summed E-state index contributed by atoms with van der Waals surface area (Å²) in [7, 11) is -4.16. The maximum Gasteiger partial charge on any atom is 0.169 e. The van der Waals surface area contributed by atoms with E-state index in [2.05, 4.69) is 102 Å². The lowest BCUT2D eigenvalue weighted by Gasteiger charge is -2.25. The maximum atomic E-state index is 10.8. The Labute approximate surface area is 233 Å². The van der Waals surface area contributed by atoms with Crippen molar-refractivity contribution >= 4 is 50.7 Å². The summed E-state index contributed by atoms with van der Waals surface area (Å²) in [5, 5.41) is 0. The van der Waals surface area contributed by atoms with E-state index in [0.29, 0.717) is 13.0 Å². The molecule has 7 heteroatoms. The van der Waals surface area contributed by atoms with Crippen LogP contribution in [0, 0.1) is 0 Å². The van der Waals surface area contributed by atoms with Gasteiger partial charge in [0.25, 0.3) is 0 Å². The molecule has 5 nitrogen and oxygen atoms in total. The van der Waals surface area contributed by atoms with Gasteiger partial charge in [0.05, 0.1) is 10.1 Å². The van der Waals surface area contributed by atoms with Crippen LogP contribution in [0.5, 0.6) is 0 Å². The van der Waals surface area contributed by atoms with E-state index in [1.807, 2.05) is 41.2 Å². The number of nitrogens with zero attached hydrogens (tertiary/aromatic N) is 2. The summed E-state index contributed by atoms with van der Waals surface area (Å²) < 4.78 is 34.2. The van der Waals surface area contributed by atoms with Gasteiger partial charge in [0, 0.05) is 51.1 Å². The van der Waals surface area contributed by atoms with Crippen LogP contribution >= 0.6 is 11.3 Å². The molecule has 196 valence electrons. The molecule has 0 aliphatic carbocycles. The van der Waals surface area contributed by atoms with Gasteiger partial charge in [-0.3, -0.25) is 0 Å². The van der Waals surface area contributed by atoms with Gasteiger partial charge in [-0.15, -0.1) is 11.3 Å². The van der Waals surface area contributed by atoms with Crippen LogP contribution in [0.15, 0.2) is 122 Å². The van der Waals surface area contributed by atoms with Crippen LogP contribution in [-0.2, 0) is 16.7 Å². The van der Waals surface area contributed by atoms with Crippen molar-refractivity contribution in [2.24, 2.45) is 0 Å². The van der Waals surface area contributed by atoms with Crippen molar-refractivity contribution in [3.63, 3.8) is 0 Å². The number of hydrogen-bond donors (Lipinski definition) is 0. The number of rotatable bonds is 10. The van der Waals surface area contributed by atoms with E-state index in [0.717, 1.165) is 27.5 Å². The predicted octanol–water partition coefficient (Wildman–Crippen LogP) is 7.28. The van der Waals surface area contributed by atoms with E-state index < -0.39 is 10.1 Å². The zero-order valence-corrected chi connectivity index (χ0v) is 22.9. The highest BCUT2D eigenvalue weighted by molar-refractivity contribution is 7.85. The second-order valence-corrected chi connectivity index (χ2v) is 11.7. The molecule has 0 amide bonds. The Morgan fingerprint density at radius 3 is 1.90 bits per heavy atom. The number of anilines is 3. The lowest BCUT2D eigenvalue weighted by molar-refractivity contribution is -0.696. The number of aromatic nitrogens is 1. The first kappa shape index (κ1) is 26.6. The third-order valence-electron chi connectivity index (χ3n) is 6.23. The van der Waals surface area contributed by atoms with Gasteiger partial charge in [0.2, 0.25) is 0 Å². The molecular weight excluding hydrogens is 524 g/mol. The van der Waals surface area contributed by atoms with Gasteiger partial charge in [-0.25, -0.2) is 13.0 Å². The zero-order valence-electron chi connectivity index (χ0n) is 21.3. The van der Waals surface area contributed by atoms with Crippen molar-refractivity contribution in [1.82, 2.24) is 0 Å². The number of pyridine rings is 1. The normalized spacial score (nSPS) is 11.6. The fraction of sp³-hybridized carbons (Fsp3) is 0.0938. The fourth-order valence-electron chi connectivity index (χ4n) is 4.30. The minimum absolute atomic E-state index is 0.307. The molecule has 5 rings (SSSR count). The Bertz CT molecular complexity index is 1590. The monoisotopic (exact) mass is 552 g/mol. The number of benzene rings is 3. The highest BCUT2D eigenvalue weighted by Gasteiger charge is 2.12. The summed E-state index contributed by atoms with van der Waals surface area (Å²) in [6.07, 6.45) is 8.25. The third-order valence-corrected chi connectivity index (χ3v) is 8.12. The largest absolute Gasteiger partial charge is 0.748 e. The smallest absolute Gasteiger partial charge is 0.169 e. The fourth-order valence-corrected chi connectivity index (χ4v) is 5.70. The topological polar surface area (TPSA) is 64.3 Å². The standard InChI is InChI=1S/C32H28N2O3S2/c35-39(36,37)25-7-22-33-23-20-26(21-24-33)12-17-31-18-19-32(38-31)27-13-15-30(16-14-27)34(28-8-3-1-4-9-28)29-10-5-2-6-11-29/h1-6,8-21,23-24H,7,22,25H2. The molecule has 0 saturated carbocycles. The lowest BCUT2D eigenvalue weighted by atomic mass is 10.1. The second-order valence-electron chi connectivity index (χ2n) is 9.07. The first-order valence-corrected chi connectivity index (χ1v) is 15.1. The number of hydrogen-bond acceptors (Lipinski definition) is 5. The van der Waals surface area contributed by atoms with Crippen molar-refractivity contribution in [3.8, 4) is 10.4 Å². The van der Waals surface area contributed by atoms with E-state index in [4.69, 9.17) is 0 Å². The first-order chi connectivity index (χ1) is 18.9. The molecule has 3 aromatic carbocycles. The molecule has 5 aromatic rings. The summed E-state index contributed by atoms with van der Waals surface area (Å²) >= 11 is 1.74. The molecule has 0 aliphatic heterocycles. The van der Waals surface area contributed by atoms with Gasteiger partial charge in [-0.2, -0.15) is 0 Å². The average molecular weight is 553 g/mol. The van der Waals surface area contributed by atoms with Crippen molar-refractivity contribution < 1.29 is 17.5 Å². The van der Waals surface area contributed by atoms with E-state index in [1.54, 1.807) is 11.3 Å². The Kier molecular flexibility index (Phi) is 8.32. The van der Waals surface area contributed by atoms with Crippen LogP contribution < -0.4 is 9.47 Å².